The first-order valence-corrected chi connectivity index (χ1v) is 4.06. The molecule has 1 radical (unpaired) electrons. The van der Waals surface area contributed by atoms with Crippen LogP contribution in [0.3, 0.4) is 0 Å². The molecule has 0 unspecified atom stereocenters. The van der Waals surface area contributed by atoms with Gasteiger partial charge in [-0.15, -0.1) is 29.5 Å². The van der Waals surface area contributed by atoms with Gasteiger partial charge in [0.25, 0.3) is 0 Å². The molecule has 0 saturated carbocycles. The lowest BCUT2D eigenvalue weighted by Gasteiger charge is -1.95. The number of benzene rings is 1. The van der Waals surface area contributed by atoms with Crippen LogP contribution >= 0.6 is 0 Å². The van der Waals surface area contributed by atoms with Crippen LogP contribution in [0.2, 0.25) is 0 Å². The van der Waals surface area contributed by atoms with E-state index in [0.717, 1.165) is 0 Å². The second kappa shape index (κ2) is 4.97. The second-order valence-electron chi connectivity index (χ2n) is 2.61. The van der Waals surface area contributed by atoms with Crippen LogP contribution in [0.15, 0.2) is 12.1 Å². The first-order chi connectivity index (χ1) is 7.76. The highest BCUT2D eigenvalue weighted by molar-refractivity contribution is 5.73. The van der Waals surface area contributed by atoms with E-state index in [0.29, 0.717) is 10.4 Å². The van der Waals surface area contributed by atoms with Gasteiger partial charge in [-0.05, 0) is 0 Å². The molecule has 0 heterocycles. The van der Waals surface area contributed by atoms with E-state index in [1.165, 1.54) is 12.1 Å². The van der Waals surface area contributed by atoms with Crippen molar-refractivity contribution in [2.45, 2.75) is 0 Å². The van der Waals surface area contributed by atoms with Gasteiger partial charge >= 0.3 is 0 Å². The smallest absolute Gasteiger partial charge is 0.101 e. The van der Waals surface area contributed by atoms with Crippen molar-refractivity contribution >= 4 is 11.1 Å². The summed E-state index contributed by atoms with van der Waals surface area (Å²) < 4.78 is 0. The molecule has 0 bridgehead atoms. The van der Waals surface area contributed by atoms with E-state index in [1.807, 2.05) is 0 Å². The van der Waals surface area contributed by atoms with Gasteiger partial charge in [0.05, 0.1) is 23.3 Å². The molecule has 0 amide bonds. The highest BCUT2D eigenvalue weighted by Gasteiger charge is 1.89. The van der Waals surface area contributed by atoms with Gasteiger partial charge in [-0.3, -0.25) is 0 Å². The molecule has 1 rings (SSSR count). The minimum atomic E-state index is -0.0849. The molecule has 71 valence electrons. The van der Waals surface area contributed by atoms with Crippen molar-refractivity contribution in [1.29, 1.82) is 21.0 Å². The number of hydrogen-bond acceptors (Lipinski definition) is 4. The van der Waals surface area contributed by atoms with E-state index in [2.05, 4.69) is 12.1 Å². The van der Waals surface area contributed by atoms with Gasteiger partial charge < -0.3 is 0 Å². The summed E-state index contributed by atoms with van der Waals surface area (Å²) in [4.78, 5) is 0. The fraction of sp³-hybridized carbons (Fsp3) is 0. The third-order valence-electron chi connectivity index (χ3n) is 1.73. The normalized spacial score (nSPS) is 7.75. The highest BCUT2D eigenvalue weighted by atomic mass is 14.3. The van der Waals surface area contributed by atoms with Crippen LogP contribution in [0.25, 0.3) is 11.1 Å². The van der Waals surface area contributed by atoms with Crippen LogP contribution in [0.5, 0.6) is 0 Å². The summed E-state index contributed by atoms with van der Waals surface area (Å²) in [5.74, 6) is 0. The van der Waals surface area contributed by atoms with Gasteiger partial charge in [-0.1, -0.05) is 5.22 Å². The Morgan fingerprint density at radius 2 is 1.50 bits per heavy atom. The fourth-order valence-electron chi connectivity index (χ4n) is 0.967. The number of hydrogen-bond donors (Lipinski definition) is 0. The average Bonchev–Trinajstić information content (AvgIpc) is 2.34. The monoisotopic (exact) mass is 202 g/mol. The van der Waals surface area contributed by atoms with Crippen LogP contribution in [0.4, 0.5) is 0 Å². The van der Waals surface area contributed by atoms with Crippen LogP contribution in [0.1, 0.15) is 0 Å². The number of nitrogens with zero attached hydrogens (tertiary/aromatic N) is 4. The molecule has 1 aromatic carbocycles. The summed E-state index contributed by atoms with van der Waals surface area (Å²) in [5.41, 5.74) is -0.170. The zero-order valence-electron chi connectivity index (χ0n) is 7.94. The molecule has 0 N–H and O–H groups in total. The molecule has 4 heteroatoms. The van der Waals surface area contributed by atoms with Crippen LogP contribution < -0.4 is 10.4 Å². The maximum atomic E-state index is 8.60. The molecule has 16 heavy (non-hydrogen) atoms. The van der Waals surface area contributed by atoms with Crippen molar-refractivity contribution in [3.63, 3.8) is 0 Å². The summed E-state index contributed by atoms with van der Waals surface area (Å²) in [6.07, 6.45) is 0. The highest BCUT2D eigenvalue weighted by Crippen LogP contribution is 1.87. The maximum absolute atomic E-state index is 8.60. The van der Waals surface area contributed by atoms with Gasteiger partial charge in [0.15, 0.2) is 0 Å². The third-order valence-corrected chi connectivity index (χ3v) is 1.73. The molecule has 0 aliphatic carbocycles. The predicted octanol–water partition coefficient (Wildman–Crippen LogP) is -0.317. The Kier molecular flexibility index (Phi) is 3.41. The fourth-order valence-corrected chi connectivity index (χ4v) is 0.967. The standard InChI is InChI=1S/C12H2N4/c13-5-11(6-14)9-1-2-10(4-3-9)12(7-15)8-16/h1-2H/q-1. The Morgan fingerprint density at radius 1 is 0.938 bits per heavy atom. The minimum Gasteiger partial charge on any atom is -0.203 e. The van der Waals surface area contributed by atoms with Crippen molar-refractivity contribution in [3.05, 3.63) is 34.7 Å². The van der Waals surface area contributed by atoms with E-state index < -0.39 is 0 Å². The third kappa shape index (κ3) is 2.05. The lowest BCUT2D eigenvalue weighted by molar-refractivity contribution is 1.45. The molecule has 0 atom stereocenters. The topological polar surface area (TPSA) is 95.2 Å². The van der Waals surface area contributed by atoms with Gasteiger partial charge in [0, 0.05) is 0 Å². The molecule has 1 aromatic rings. The van der Waals surface area contributed by atoms with Crippen LogP contribution in [-0.2, 0) is 0 Å². The Balaban J connectivity index is 3.58. The molecule has 0 aliphatic heterocycles. The summed E-state index contributed by atoms with van der Waals surface area (Å²) in [7, 11) is 0. The van der Waals surface area contributed by atoms with Gasteiger partial charge in [0.1, 0.15) is 12.1 Å². The van der Waals surface area contributed by atoms with Crippen molar-refractivity contribution in [2.75, 3.05) is 0 Å². The van der Waals surface area contributed by atoms with Gasteiger partial charge in [0.2, 0.25) is 0 Å². The predicted molar refractivity (Wildman–Crippen MR) is 52.6 cm³/mol. The number of nitriles is 4. The van der Waals surface area contributed by atoms with Gasteiger partial charge in [-0.25, -0.2) is 10.5 Å². The molecular weight excluding hydrogens is 200 g/mol. The molecule has 0 spiro atoms. The van der Waals surface area contributed by atoms with E-state index >= 15 is 0 Å². The lowest BCUT2D eigenvalue weighted by Crippen LogP contribution is -2.12. The molecule has 0 aromatic heterocycles. The molecule has 0 saturated heterocycles. The summed E-state index contributed by atoms with van der Waals surface area (Å²) >= 11 is 0. The van der Waals surface area contributed by atoms with Crippen molar-refractivity contribution < 1.29 is 0 Å². The van der Waals surface area contributed by atoms with E-state index in [4.69, 9.17) is 21.0 Å². The zero-order chi connectivity index (χ0) is 12.0. The SMILES string of the molecule is N#CC(C#N)=c1[c][c-]c(=C(C#N)C#N)cc1. The molecule has 4 nitrogen and oxygen atoms in total. The van der Waals surface area contributed by atoms with Crippen molar-refractivity contribution in [1.82, 2.24) is 0 Å². The number of rotatable bonds is 0. The van der Waals surface area contributed by atoms with E-state index in [1.54, 1.807) is 24.3 Å². The Bertz CT molecular complexity index is 581. The summed E-state index contributed by atoms with van der Waals surface area (Å²) in [6.45, 7) is 0. The molecule has 0 aliphatic rings. The van der Waals surface area contributed by atoms with E-state index in [-0.39, 0.29) is 11.1 Å². The Labute approximate surface area is 91.8 Å². The van der Waals surface area contributed by atoms with Crippen molar-refractivity contribution in [2.24, 2.45) is 0 Å². The summed E-state index contributed by atoms with van der Waals surface area (Å²) in [6, 6.07) is 14.9. The summed E-state index contributed by atoms with van der Waals surface area (Å²) in [5, 5.41) is 35.0. The largest absolute Gasteiger partial charge is 0.203 e. The maximum Gasteiger partial charge on any atom is 0.101 e. The quantitative estimate of drug-likeness (QED) is 0.539. The van der Waals surface area contributed by atoms with E-state index in [9.17, 15) is 0 Å². The van der Waals surface area contributed by atoms with Crippen molar-refractivity contribution in [3.8, 4) is 24.3 Å². The zero-order valence-corrected chi connectivity index (χ0v) is 7.94. The molecular formula is C12H2N4-. The lowest BCUT2D eigenvalue weighted by atomic mass is 10.1. The minimum absolute atomic E-state index is 0.0849. The van der Waals surface area contributed by atoms with Gasteiger partial charge in [-0.2, -0.15) is 10.5 Å². The van der Waals surface area contributed by atoms with Crippen LogP contribution in [-0.4, -0.2) is 0 Å². The Hall–Kier alpha value is -3.08. The molecule has 0 fully saturated rings. The Morgan fingerprint density at radius 3 is 1.88 bits per heavy atom. The van der Waals surface area contributed by atoms with Crippen LogP contribution in [0, 0.1) is 57.5 Å². The second-order valence-corrected chi connectivity index (χ2v) is 2.61. The first kappa shape index (κ1) is 11.0. The first-order valence-electron chi connectivity index (χ1n) is 4.06. The average molecular weight is 202 g/mol.